The van der Waals surface area contributed by atoms with Crippen molar-refractivity contribution in [3.63, 3.8) is 0 Å². The summed E-state index contributed by atoms with van der Waals surface area (Å²) < 4.78 is 0. The molecule has 0 aromatic heterocycles. The lowest BCUT2D eigenvalue weighted by molar-refractivity contribution is 0.103. The maximum absolute atomic E-state index is 12.1. The summed E-state index contributed by atoms with van der Waals surface area (Å²) in [5.74, 6) is -0.156. The minimum absolute atomic E-state index is 0.156. The Labute approximate surface area is 105 Å². The summed E-state index contributed by atoms with van der Waals surface area (Å²) in [5, 5.41) is 17.5. The lowest BCUT2D eigenvalue weighted by Crippen LogP contribution is -2.01. The molecule has 84 valence electrons. The molecule has 0 fully saturated rings. The predicted molar refractivity (Wildman–Crippen MR) is 65.7 cm³/mol. The lowest BCUT2D eigenvalue weighted by Gasteiger charge is -2.01. The van der Waals surface area contributed by atoms with E-state index in [0.717, 1.165) is 0 Å². The Hall–Kier alpha value is -2.91. The third-order valence-electron chi connectivity index (χ3n) is 2.53. The van der Waals surface area contributed by atoms with E-state index in [2.05, 4.69) is 0 Å². The van der Waals surface area contributed by atoms with Gasteiger partial charge in [-0.3, -0.25) is 4.79 Å². The first-order valence-electron chi connectivity index (χ1n) is 5.29. The Balaban J connectivity index is 2.36. The van der Waals surface area contributed by atoms with Gasteiger partial charge in [0.25, 0.3) is 0 Å². The van der Waals surface area contributed by atoms with Crippen LogP contribution in [0.5, 0.6) is 0 Å². The van der Waals surface area contributed by atoms with Gasteiger partial charge >= 0.3 is 0 Å². The van der Waals surface area contributed by atoms with E-state index in [4.69, 9.17) is 10.5 Å². The van der Waals surface area contributed by atoms with Crippen LogP contribution in [0.25, 0.3) is 0 Å². The van der Waals surface area contributed by atoms with Gasteiger partial charge in [-0.2, -0.15) is 10.5 Å². The molecule has 0 spiro atoms. The number of hydrogen-bond acceptors (Lipinski definition) is 3. The van der Waals surface area contributed by atoms with E-state index >= 15 is 0 Å². The fourth-order valence-corrected chi connectivity index (χ4v) is 1.59. The molecule has 0 N–H and O–H groups in total. The first kappa shape index (κ1) is 11.6. The van der Waals surface area contributed by atoms with Crippen LogP contribution in [0.3, 0.4) is 0 Å². The maximum Gasteiger partial charge on any atom is 0.193 e. The monoisotopic (exact) mass is 232 g/mol. The van der Waals surface area contributed by atoms with Gasteiger partial charge < -0.3 is 0 Å². The second-order valence-corrected chi connectivity index (χ2v) is 3.71. The number of carbonyl (C=O) groups is 1. The zero-order valence-electron chi connectivity index (χ0n) is 9.42. The summed E-state index contributed by atoms with van der Waals surface area (Å²) in [5.41, 5.74) is 1.94. The van der Waals surface area contributed by atoms with Crippen LogP contribution in [0.15, 0.2) is 48.5 Å². The number of carbonyl (C=O) groups excluding carboxylic acids is 1. The van der Waals surface area contributed by atoms with Gasteiger partial charge in [0.2, 0.25) is 0 Å². The Morgan fingerprint density at radius 1 is 0.833 bits per heavy atom. The molecule has 0 unspecified atom stereocenters. The summed E-state index contributed by atoms with van der Waals surface area (Å²) in [6, 6.07) is 17.0. The summed E-state index contributed by atoms with van der Waals surface area (Å²) >= 11 is 0. The standard InChI is InChI=1S/C15H8N2O/c16-9-11-4-6-13(7-5-11)15(18)14-3-1-2-12(8-14)10-17/h1-8H. The smallest absolute Gasteiger partial charge is 0.193 e. The average Bonchev–Trinajstić information content (AvgIpc) is 2.46. The van der Waals surface area contributed by atoms with E-state index < -0.39 is 0 Å². The highest BCUT2D eigenvalue weighted by Crippen LogP contribution is 2.12. The molecule has 0 saturated heterocycles. The molecule has 0 aliphatic heterocycles. The highest BCUT2D eigenvalue weighted by Gasteiger charge is 2.09. The van der Waals surface area contributed by atoms with Crippen LogP contribution in [0.2, 0.25) is 0 Å². The van der Waals surface area contributed by atoms with Crippen LogP contribution in [-0.2, 0) is 0 Å². The van der Waals surface area contributed by atoms with E-state index in [1.807, 2.05) is 12.1 Å². The van der Waals surface area contributed by atoms with E-state index in [-0.39, 0.29) is 5.78 Å². The fraction of sp³-hybridized carbons (Fsp3) is 0. The van der Waals surface area contributed by atoms with Crippen LogP contribution in [0.4, 0.5) is 0 Å². The van der Waals surface area contributed by atoms with E-state index in [9.17, 15) is 4.79 Å². The minimum atomic E-state index is -0.156. The van der Waals surface area contributed by atoms with E-state index in [1.165, 1.54) is 0 Å². The van der Waals surface area contributed by atoms with E-state index in [1.54, 1.807) is 48.5 Å². The molecule has 18 heavy (non-hydrogen) atoms. The predicted octanol–water partition coefficient (Wildman–Crippen LogP) is 2.66. The molecule has 0 aliphatic rings. The highest BCUT2D eigenvalue weighted by molar-refractivity contribution is 6.09. The summed E-state index contributed by atoms with van der Waals surface area (Å²) in [6.07, 6.45) is 0. The number of benzene rings is 2. The van der Waals surface area contributed by atoms with Gasteiger partial charge in [0.15, 0.2) is 5.78 Å². The van der Waals surface area contributed by atoms with Crippen molar-refractivity contribution < 1.29 is 4.79 Å². The number of ketones is 1. The second kappa shape index (κ2) is 4.95. The third-order valence-corrected chi connectivity index (χ3v) is 2.53. The van der Waals surface area contributed by atoms with Crippen molar-refractivity contribution in [3.05, 3.63) is 70.8 Å². The molecule has 0 atom stereocenters. The Morgan fingerprint density at radius 3 is 2.11 bits per heavy atom. The molecular formula is C15H8N2O. The molecule has 0 amide bonds. The van der Waals surface area contributed by atoms with Crippen LogP contribution in [0.1, 0.15) is 27.0 Å². The van der Waals surface area contributed by atoms with Crippen molar-refractivity contribution in [1.82, 2.24) is 0 Å². The Bertz CT molecular complexity index is 673. The van der Waals surface area contributed by atoms with Crippen molar-refractivity contribution in [1.29, 1.82) is 10.5 Å². The van der Waals surface area contributed by atoms with Gasteiger partial charge in [0, 0.05) is 11.1 Å². The third kappa shape index (κ3) is 2.26. The largest absolute Gasteiger partial charge is 0.289 e. The van der Waals surface area contributed by atoms with Gasteiger partial charge in [-0.1, -0.05) is 12.1 Å². The van der Waals surface area contributed by atoms with Crippen molar-refractivity contribution in [2.45, 2.75) is 0 Å². The molecule has 0 heterocycles. The molecule has 0 saturated carbocycles. The molecule has 0 aliphatic carbocycles. The maximum atomic E-state index is 12.1. The zero-order valence-corrected chi connectivity index (χ0v) is 9.42. The number of rotatable bonds is 2. The molecule has 2 aromatic rings. The highest BCUT2D eigenvalue weighted by atomic mass is 16.1. The van der Waals surface area contributed by atoms with Crippen LogP contribution in [-0.4, -0.2) is 5.78 Å². The van der Waals surface area contributed by atoms with Gasteiger partial charge in [-0.05, 0) is 36.4 Å². The average molecular weight is 232 g/mol. The van der Waals surface area contributed by atoms with Gasteiger partial charge in [0.05, 0.1) is 23.3 Å². The van der Waals surface area contributed by atoms with Gasteiger partial charge in [0.1, 0.15) is 0 Å². The minimum Gasteiger partial charge on any atom is -0.289 e. The fourth-order valence-electron chi connectivity index (χ4n) is 1.59. The van der Waals surface area contributed by atoms with Crippen LogP contribution < -0.4 is 0 Å². The molecule has 0 bridgehead atoms. The normalized spacial score (nSPS) is 9.22. The van der Waals surface area contributed by atoms with Gasteiger partial charge in [-0.15, -0.1) is 0 Å². The summed E-state index contributed by atoms with van der Waals surface area (Å²) in [6.45, 7) is 0. The topological polar surface area (TPSA) is 64.7 Å². The molecule has 2 rings (SSSR count). The SMILES string of the molecule is N#Cc1ccc(C(=O)c2cccc(C#N)c2)cc1. The van der Waals surface area contributed by atoms with Crippen LogP contribution >= 0.6 is 0 Å². The van der Waals surface area contributed by atoms with Crippen molar-refractivity contribution in [2.75, 3.05) is 0 Å². The van der Waals surface area contributed by atoms with Crippen molar-refractivity contribution in [2.24, 2.45) is 0 Å². The van der Waals surface area contributed by atoms with E-state index in [0.29, 0.717) is 22.3 Å². The lowest BCUT2D eigenvalue weighted by atomic mass is 10.0. The van der Waals surface area contributed by atoms with Crippen molar-refractivity contribution >= 4 is 5.78 Å². The Morgan fingerprint density at radius 2 is 1.50 bits per heavy atom. The first-order chi connectivity index (χ1) is 8.74. The van der Waals surface area contributed by atoms with Crippen LogP contribution in [0, 0.1) is 22.7 Å². The zero-order chi connectivity index (χ0) is 13.0. The number of nitriles is 2. The van der Waals surface area contributed by atoms with Crippen molar-refractivity contribution in [3.8, 4) is 12.1 Å². The first-order valence-corrected chi connectivity index (χ1v) is 5.29. The summed E-state index contributed by atoms with van der Waals surface area (Å²) in [4.78, 5) is 12.1. The number of hydrogen-bond donors (Lipinski definition) is 0. The Kier molecular flexibility index (Phi) is 3.18. The molecule has 2 aromatic carbocycles. The molecular weight excluding hydrogens is 224 g/mol. The second-order valence-electron chi connectivity index (χ2n) is 3.71. The number of nitrogens with zero attached hydrogens (tertiary/aromatic N) is 2. The van der Waals surface area contributed by atoms with Gasteiger partial charge in [-0.25, -0.2) is 0 Å². The quantitative estimate of drug-likeness (QED) is 0.747. The molecule has 0 radical (unpaired) electrons. The molecule has 3 nitrogen and oxygen atoms in total. The summed E-state index contributed by atoms with van der Waals surface area (Å²) in [7, 11) is 0. The molecule has 3 heteroatoms.